The summed E-state index contributed by atoms with van der Waals surface area (Å²) < 4.78 is 5.14. The van der Waals surface area contributed by atoms with E-state index in [2.05, 4.69) is 10.2 Å². The second-order valence-corrected chi connectivity index (χ2v) is 6.19. The summed E-state index contributed by atoms with van der Waals surface area (Å²) in [7, 11) is 1.73. The van der Waals surface area contributed by atoms with E-state index in [-0.39, 0.29) is 11.9 Å². The maximum absolute atomic E-state index is 12.0. The Morgan fingerprint density at radius 2 is 2.20 bits per heavy atom. The van der Waals surface area contributed by atoms with Crippen LogP contribution in [0.5, 0.6) is 0 Å². The van der Waals surface area contributed by atoms with Crippen LogP contribution in [0.25, 0.3) is 0 Å². The standard InChI is InChI=1S/C15H29N3O2/c1-20-9-8-18-7-3-5-13(18)11-17-15(19)10-12-4-2-6-14(12)16/h12-14H,2-11,16H2,1H3,(H,17,19)/t12-,13?,14+/m0/s1. The Morgan fingerprint density at radius 3 is 2.90 bits per heavy atom. The molecule has 1 aliphatic heterocycles. The number of nitrogens with two attached hydrogens (primary N) is 1. The second kappa shape index (κ2) is 7.96. The van der Waals surface area contributed by atoms with Crippen molar-refractivity contribution in [2.24, 2.45) is 11.7 Å². The lowest BCUT2D eigenvalue weighted by molar-refractivity contribution is -0.122. The van der Waals surface area contributed by atoms with Gasteiger partial charge < -0.3 is 15.8 Å². The fourth-order valence-corrected chi connectivity index (χ4v) is 3.49. The minimum absolute atomic E-state index is 0.172. The monoisotopic (exact) mass is 283 g/mol. The first kappa shape index (κ1) is 15.7. The number of likely N-dealkylation sites (tertiary alicyclic amines) is 1. The van der Waals surface area contributed by atoms with Gasteiger partial charge in [-0.25, -0.2) is 0 Å². The Kier molecular flexibility index (Phi) is 6.26. The smallest absolute Gasteiger partial charge is 0.220 e. The molecular formula is C15H29N3O2. The summed E-state index contributed by atoms with van der Waals surface area (Å²) in [6, 6.07) is 0.705. The zero-order chi connectivity index (χ0) is 14.4. The number of nitrogens with zero attached hydrogens (tertiary/aromatic N) is 1. The lowest BCUT2D eigenvalue weighted by Gasteiger charge is -2.24. The molecule has 0 aromatic carbocycles. The van der Waals surface area contributed by atoms with Crippen LogP contribution >= 0.6 is 0 Å². The van der Waals surface area contributed by atoms with E-state index in [1.807, 2.05) is 0 Å². The van der Waals surface area contributed by atoms with E-state index in [0.29, 0.717) is 18.4 Å². The van der Waals surface area contributed by atoms with Gasteiger partial charge in [0.15, 0.2) is 0 Å². The number of carbonyl (C=O) groups is 1. The van der Waals surface area contributed by atoms with Crippen LogP contribution in [-0.2, 0) is 9.53 Å². The van der Waals surface area contributed by atoms with Crippen LogP contribution in [0.4, 0.5) is 0 Å². The number of nitrogens with one attached hydrogen (secondary N) is 1. The van der Waals surface area contributed by atoms with E-state index in [9.17, 15) is 4.79 Å². The Bertz CT molecular complexity index is 311. The fraction of sp³-hybridized carbons (Fsp3) is 0.933. The molecular weight excluding hydrogens is 254 g/mol. The number of hydrogen-bond acceptors (Lipinski definition) is 4. The van der Waals surface area contributed by atoms with Gasteiger partial charge in [-0.15, -0.1) is 0 Å². The highest BCUT2D eigenvalue weighted by atomic mass is 16.5. The lowest BCUT2D eigenvalue weighted by atomic mass is 10.00. The molecule has 116 valence electrons. The van der Waals surface area contributed by atoms with Crippen molar-refractivity contribution in [3.05, 3.63) is 0 Å². The Hall–Kier alpha value is -0.650. The minimum atomic E-state index is 0.172. The predicted molar refractivity (Wildman–Crippen MR) is 79.4 cm³/mol. The zero-order valence-corrected chi connectivity index (χ0v) is 12.6. The summed E-state index contributed by atoms with van der Waals surface area (Å²) in [6.45, 7) is 3.62. The van der Waals surface area contributed by atoms with E-state index in [1.165, 1.54) is 19.3 Å². The normalized spacial score (nSPS) is 30.8. The van der Waals surface area contributed by atoms with Gasteiger partial charge in [0.2, 0.25) is 5.91 Å². The third-order valence-corrected chi connectivity index (χ3v) is 4.78. The third kappa shape index (κ3) is 4.43. The molecule has 1 amide bonds. The van der Waals surface area contributed by atoms with Crippen LogP contribution < -0.4 is 11.1 Å². The van der Waals surface area contributed by atoms with Gasteiger partial charge in [-0.3, -0.25) is 9.69 Å². The van der Waals surface area contributed by atoms with E-state index < -0.39 is 0 Å². The number of carbonyl (C=O) groups excluding carboxylic acids is 1. The van der Waals surface area contributed by atoms with Crippen LogP contribution in [0, 0.1) is 5.92 Å². The number of ether oxygens (including phenoxy) is 1. The minimum Gasteiger partial charge on any atom is -0.383 e. The van der Waals surface area contributed by atoms with Crippen molar-refractivity contribution in [3.8, 4) is 0 Å². The third-order valence-electron chi connectivity index (χ3n) is 4.78. The van der Waals surface area contributed by atoms with E-state index in [1.54, 1.807) is 7.11 Å². The Labute approximate surface area is 122 Å². The molecule has 2 aliphatic rings. The molecule has 20 heavy (non-hydrogen) atoms. The van der Waals surface area contributed by atoms with Gasteiger partial charge in [0.1, 0.15) is 0 Å². The van der Waals surface area contributed by atoms with E-state index >= 15 is 0 Å². The van der Waals surface area contributed by atoms with Gasteiger partial charge in [0, 0.05) is 38.7 Å². The molecule has 0 aromatic rings. The molecule has 0 bridgehead atoms. The van der Waals surface area contributed by atoms with Crippen molar-refractivity contribution < 1.29 is 9.53 Å². The average molecular weight is 283 g/mol. The highest BCUT2D eigenvalue weighted by Gasteiger charge is 2.27. The highest BCUT2D eigenvalue weighted by Crippen LogP contribution is 2.26. The lowest BCUT2D eigenvalue weighted by Crippen LogP contribution is -2.42. The Balaban J connectivity index is 1.67. The molecule has 3 atom stereocenters. The highest BCUT2D eigenvalue weighted by molar-refractivity contribution is 5.76. The first-order valence-corrected chi connectivity index (χ1v) is 7.96. The molecule has 3 N–H and O–H groups in total. The summed E-state index contributed by atoms with van der Waals surface area (Å²) in [4.78, 5) is 14.4. The molecule has 2 fully saturated rings. The maximum atomic E-state index is 12.0. The van der Waals surface area contributed by atoms with Crippen molar-refractivity contribution >= 4 is 5.91 Å². The van der Waals surface area contributed by atoms with Gasteiger partial charge in [0.25, 0.3) is 0 Å². The summed E-state index contributed by atoms with van der Waals surface area (Å²) in [6.07, 6.45) is 6.35. The molecule has 0 radical (unpaired) electrons. The molecule has 2 rings (SSSR count). The van der Waals surface area contributed by atoms with Gasteiger partial charge in [-0.05, 0) is 38.1 Å². The molecule has 1 aliphatic carbocycles. The quantitative estimate of drug-likeness (QED) is 0.723. The zero-order valence-electron chi connectivity index (χ0n) is 12.6. The van der Waals surface area contributed by atoms with Crippen LogP contribution in [0.15, 0.2) is 0 Å². The van der Waals surface area contributed by atoms with Gasteiger partial charge >= 0.3 is 0 Å². The molecule has 1 saturated heterocycles. The fourth-order valence-electron chi connectivity index (χ4n) is 3.49. The number of amides is 1. The summed E-state index contributed by atoms with van der Waals surface area (Å²) >= 11 is 0. The van der Waals surface area contributed by atoms with E-state index in [4.69, 9.17) is 10.5 Å². The van der Waals surface area contributed by atoms with Crippen LogP contribution in [0.1, 0.15) is 38.5 Å². The van der Waals surface area contributed by atoms with Crippen LogP contribution in [-0.4, -0.2) is 56.2 Å². The summed E-state index contributed by atoms with van der Waals surface area (Å²) in [5, 5.41) is 3.10. The number of hydrogen-bond donors (Lipinski definition) is 2. The van der Waals surface area contributed by atoms with Crippen molar-refractivity contribution in [1.29, 1.82) is 0 Å². The Morgan fingerprint density at radius 1 is 1.35 bits per heavy atom. The summed E-state index contributed by atoms with van der Waals surface area (Å²) in [5.41, 5.74) is 6.02. The van der Waals surface area contributed by atoms with E-state index in [0.717, 1.165) is 39.1 Å². The van der Waals surface area contributed by atoms with Crippen molar-refractivity contribution in [1.82, 2.24) is 10.2 Å². The summed E-state index contributed by atoms with van der Waals surface area (Å²) in [5.74, 6) is 0.564. The molecule has 5 heteroatoms. The molecule has 1 saturated carbocycles. The van der Waals surface area contributed by atoms with Crippen molar-refractivity contribution in [2.75, 3.05) is 33.4 Å². The number of rotatable bonds is 7. The molecule has 1 unspecified atom stereocenters. The van der Waals surface area contributed by atoms with Crippen molar-refractivity contribution in [3.63, 3.8) is 0 Å². The predicted octanol–water partition coefficient (Wildman–Crippen LogP) is 0.731. The molecule has 0 aromatic heterocycles. The second-order valence-electron chi connectivity index (χ2n) is 6.19. The van der Waals surface area contributed by atoms with Gasteiger partial charge in [0.05, 0.1) is 6.61 Å². The molecule has 5 nitrogen and oxygen atoms in total. The molecule has 0 spiro atoms. The van der Waals surface area contributed by atoms with Crippen LogP contribution in [0.3, 0.4) is 0 Å². The largest absolute Gasteiger partial charge is 0.383 e. The topological polar surface area (TPSA) is 67.6 Å². The van der Waals surface area contributed by atoms with Gasteiger partial charge in [-0.2, -0.15) is 0 Å². The maximum Gasteiger partial charge on any atom is 0.220 e. The SMILES string of the molecule is COCCN1CCCC1CNC(=O)C[C@@H]1CCC[C@H]1N. The molecule has 1 heterocycles. The first-order valence-electron chi connectivity index (χ1n) is 7.96. The van der Waals surface area contributed by atoms with Crippen LogP contribution in [0.2, 0.25) is 0 Å². The van der Waals surface area contributed by atoms with Gasteiger partial charge in [-0.1, -0.05) is 6.42 Å². The van der Waals surface area contributed by atoms with Crippen molar-refractivity contribution in [2.45, 2.75) is 50.6 Å². The average Bonchev–Trinajstić information content (AvgIpc) is 3.04. The number of methoxy groups -OCH3 is 1. The first-order chi connectivity index (χ1) is 9.70.